The van der Waals surface area contributed by atoms with Crippen LogP contribution >= 0.6 is 15.9 Å². The summed E-state index contributed by atoms with van der Waals surface area (Å²) in [5.74, 6) is 0.683. The lowest BCUT2D eigenvalue weighted by atomic mass is 10.2. The van der Waals surface area contributed by atoms with E-state index >= 15 is 0 Å². The summed E-state index contributed by atoms with van der Waals surface area (Å²) < 4.78 is 5.88. The van der Waals surface area contributed by atoms with Crippen LogP contribution in [0.25, 0.3) is 0 Å². The number of carbonyl (C=O) groups is 1. The number of hydrogen-bond donors (Lipinski definition) is 0. The SMILES string of the molecule is Cc1cc(Br)cnc1N1CCCOC1=O. The standard InChI is InChI=1S/C10H11BrN2O2/c1-7-5-8(11)6-12-9(7)13-3-2-4-15-10(13)14/h5-6H,2-4H2,1H3. The Morgan fingerprint density at radius 1 is 1.60 bits per heavy atom. The first-order chi connectivity index (χ1) is 7.18. The van der Waals surface area contributed by atoms with E-state index in [-0.39, 0.29) is 6.09 Å². The number of halogens is 1. The number of hydrogen-bond acceptors (Lipinski definition) is 3. The van der Waals surface area contributed by atoms with Crippen LogP contribution in [0.3, 0.4) is 0 Å². The first-order valence-electron chi connectivity index (χ1n) is 4.75. The van der Waals surface area contributed by atoms with Crippen LogP contribution in [0.5, 0.6) is 0 Å². The molecular formula is C10H11BrN2O2. The summed E-state index contributed by atoms with van der Waals surface area (Å²) in [6, 6.07) is 1.93. The van der Waals surface area contributed by atoms with E-state index < -0.39 is 0 Å². The van der Waals surface area contributed by atoms with Gasteiger partial charge in [0.1, 0.15) is 5.82 Å². The normalized spacial score (nSPS) is 16.4. The molecule has 0 aromatic carbocycles. The zero-order valence-electron chi connectivity index (χ0n) is 8.36. The van der Waals surface area contributed by atoms with E-state index in [0.29, 0.717) is 19.0 Å². The average molecular weight is 271 g/mol. The first-order valence-corrected chi connectivity index (χ1v) is 5.54. The number of ether oxygens (including phenoxy) is 1. The molecular weight excluding hydrogens is 260 g/mol. The van der Waals surface area contributed by atoms with Gasteiger partial charge in [0.2, 0.25) is 0 Å². The summed E-state index contributed by atoms with van der Waals surface area (Å²) >= 11 is 3.34. The van der Waals surface area contributed by atoms with Crippen molar-refractivity contribution in [2.45, 2.75) is 13.3 Å². The average Bonchev–Trinajstić information content (AvgIpc) is 2.20. The lowest BCUT2D eigenvalue weighted by molar-refractivity contribution is 0.140. The van der Waals surface area contributed by atoms with Crippen LogP contribution < -0.4 is 4.90 Å². The van der Waals surface area contributed by atoms with Crippen LogP contribution in [0.1, 0.15) is 12.0 Å². The molecule has 2 rings (SSSR count). The third-order valence-corrected chi connectivity index (χ3v) is 2.68. The Kier molecular flexibility index (Phi) is 2.90. The van der Waals surface area contributed by atoms with Crippen LogP contribution in [0.15, 0.2) is 16.7 Å². The second kappa shape index (κ2) is 4.18. The van der Waals surface area contributed by atoms with Gasteiger partial charge in [0.05, 0.1) is 6.61 Å². The number of anilines is 1. The number of aryl methyl sites for hydroxylation is 1. The fourth-order valence-corrected chi connectivity index (χ4v) is 2.01. The number of carbonyl (C=O) groups excluding carboxylic acids is 1. The molecule has 1 aliphatic rings. The predicted octanol–water partition coefficient (Wildman–Crippen LogP) is 2.50. The van der Waals surface area contributed by atoms with Gasteiger partial charge in [0.15, 0.2) is 0 Å². The quantitative estimate of drug-likeness (QED) is 0.788. The van der Waals surface area contributed by atoms with E-state index in [1.165, 1.54) is 0 Å². The van der Waals surface area contributed by atoms with Crippen molar-refractivity contribution in [2.75, 3.05) is 18.1 Å². The maximum Gasteiger partial charge on any atom is 0.415 e. The second-order valence-electron chi connectivity index (χ2n) is 3.41. The second-order valence-corrected chi connectivity index (χ2v) is 4.33. The summed E-state index contributed by atoms with van der Waals surface area (Å²) in [6.07, 6.45) is 2.23. The van der Waals surface area contributed by atoms with E-state index in [1.807, 2.05) is 13.0 Å². The topological polar surface area (TPSA) is 42.4 Å². The molecule has 4 nitrogen and oxygen atoms in total. The number of aromatic nitrogens is 1. The minimum Gasteiger partial charge on any atom is -0.449 e. The molecule has 1 saturated heterocycles. The molecule has 1 aromatic rings. The first kappa shape index (κ1) is 10.4. The van der Waals surface area contributed by atoms with Gasteiger partial charge < -0.3 is 4.74 Å². The van der Waals surface area contributed by atoms with Crippen molar-refractivity contribution in [2.24, 2.45) is 0 Å². The number of pyridine rings is 1. The number of amides is 1. The summed E-state index contributed by atoms with van der Waals surface area (Å²) in [6.45, 7) is 3.11. The fourth-order valence-electron chi connectivity index (χ4n) is 1.56. The lowest BCUT2D eigenvalue weighted by Gasteiger charge is -2.26. The summed E-state index contributed by atoms with van der Waals surface area (Å²) in [4.78, 5) is 17.3. The molecule has 0 aliphatic carbocycles. The van der Waals surface area contributed by atoms with Gasteiger partial charge in [-0.3, -0.25) is 4.90 Å². The third-order valence-electron chi connectivity index (χ3n) is 2.24. The van der Waals surface area contributed by atoms with Gasteiger partial charge in [-0.25, -0.2) is 9.78 Å². The highest BCUT2D eigenvalue weighted by molar-refractivity contribution is 9.10. The van der Waals surface area contributed by atoms with Crippen LogP contribution in [0.2, 0.25) is 0 Å². The minimum absolute atomic E-state index is 0.306. The fraction of sp³-hybridized carbons (Fsp3) is 0.400. The molecule has 0 unspecified atom stereocenters. The van der Waals surface area contributed by atoms with Gasteiger partial charge in [-0.15, -0.1) is 0 Å². The van der Waals surface area contributed by atoms with Crippen molar-refractivity contribution in [1.82, 2.24) is 4.98 Å². The molecule has 80 valence electrons. The monoisotopic (exact) mass is 270 g/mol. The zero-order chi connectivity index (χ0) is 10.8. The highest BCUT2D eigenvalue weighted by Crippen LogP contribution is 2.22. The van der Waals surface area contributed by atoms with Crippen molar-refractivity contribution < 1.29 is 9.53 Å². The Morgan fingerprint density at radius 2 is 2.40 bits per heavy atom. The minimum atomic E-state index is -0.306. The molecule has 0 atom stereocenters. The van der Waals surface area contributed by atoms with Crippen LogP contribution in [0.4, 0.5) is 10.6 Å². The smallest absolute Gasteiger partial charge is 0.415 e. The molecule has 1 aromatic heterocycles. The molecule has 0 bridgehead atoms. The van der Waals surface area contributed by atoms with E-state index in [4.69, 9.17) is 4.74 Å². The number of nitrogens with zero attached hydrogens (tertiary/aromatic N) is 2. The van der Waals surface area contributed by atoms with E-state index in [1.54, 1.807) is 11.1 Å². The Labute approximate surface area is 96.4 Å². The molecule has 15 heavy (non-hydrogen) atoms. The molecule has 1 aliphatic heterocycles. The Bertz CT molecular complexity index is 395. The van der Waals surface area contributed by atoms with Crippen LogP contribution in [-0.2, 0) is 4.74 Å². The highest BCUT2D eigenvalue weighted by Gasteiger charge is 2.23. The number of rotatable bonds is 1. The Balaban J connectivity index is 2.31. The molecule has 2 heterocycles. The van der Waals surface area contributed by atoms with Gasteiger partial charge in [-0.1, -0.05) is 0 Å². The lowest BCUT2D eigenvalue weighted by Crippen LogP contribution is -2.38. The predicted molar refractivity (Wildman–Crippen MR) is 60.0 cm³/mol. The molecule has 1 amide bonds. The Hall–Kier alpha value is -1.10. The molecule has 0 N–H and O–H groups in total. The van der Waals surface area contributed by atoms with Crippen molar-refractivity contribution >= 4 is 27.8 Å². The van der Waals surface area contributed by atoms with Gasteiger partial charge in [-0.2, -0.15) is 0 Å². The van der Waals surface area contributed by atoms with Crippen molar-refractivity contribution in [3.63, 3.8) is 0 Å². The number of cyclic esters (lactones) is 1. The molecule has 0 saturated carbocycles. The largest absolute Gasteiger partial charge is 0.449 e. The van der Waals surface area contributed by atoms with Gasteiger partial charge in [0, 0.05) is 17.2 Å². The van der Waals surface area contributed by atoms with Gasteiger partial charge >= 0.3 is 6.09 Å². The van der Waals surface area contributed by atoms with Gasteiger partial charge in [0.25, 0.3) is 0 Å². The summed E-state index contributed by atoms with van der Waals surface area (Å²) in [7, 11) is 0. The van der Waals surface area contributed by atoms with Gasteiger partial charge in [-0.05, 0) is 40.9 Å². The summed E-state index contributed by atoms with van der Waals surface area (Å²) in [5.41, 5.74) is 0.961. The van der Waals surface area contributed by atoms with Crippen molar-refractivity contribution in [3.05, 3.63) is 22.3 Å². The zero-order valence-corrected chi connectivity index (χ0v) is 9.95. The molecule has 1 fully saturated rings. The van der Waals surface area contributed by atoms with E-state index in [2.05, 4.69) is 20.9 Å². The highest BCUT2D eigenvalue weighted by atomic mass is 79.9. The third kappa shape index (κ3) is 2.12. The van der Waals surface area contributed by atoms with Crippen LogP contribution in [0, 0.1) is 6.92 Å². The molecule has 0 spiro atoms. The maximum absolute atomic E-state index is 11.5. The molecule has 0 radical (unpaired) electrons. The Morgan fingerprint density at radius 3 is 3.07 bits per heavy atom. The van der Waals surface area contributed by atoms with E-state index in [9.17, 15) is 4.79 Å². The van der Waals surface area contributed by atoms with Crippen LogP contribution in [-0.4, -0.2) is 24.2 Å². The van der Waals surface area contributed by atoms with E-state index in [0.717, 1.165) is 16.5 Å². The molecule has 5 heteroatoms. The van der Waals surface area contributed by atoms with Crippen molar-refractivity contribution in [1.29, 1.82) is 0 Å². The summed E-state index contributed by atoms with van der Waals surface area (Å²) in [5, 5.41) is 0. The maximum atomic E-state index is 11.5. The van der Waals surface area contributed by atoms with Crippen molar-refractivity contribution in [3.8, 4) is 0 Å².